The van der Waals surface area contributed by atoms with Crippen molar-refractivity contribution in [3.8, 4) is 0 Å². The third kappa shape index (κ3) is 21.6. The molecule has 0 saturated carbocycles. The van der Waals surface area contributed by atoms with Crippen molar-refractivity contribution in [3.05, 3.63) is 0 Å². The average Bonchev–Trinajstić information content (AvgIpc) is 0. The fourth-order valence-corrected chi connectivity index (χ4v) is 0. The first-order chi connectivity index (χ1) is 0. The van der Waals surface area contributed by atoms with E-state index in [9.17, 15) is 0 Å². The second-order valence-corrected chi connectivity index (χ2v) is 0. The van der Waals surface area contributed by atoms with E-state index in [0.717, 1.165) is 0 Å². The van der Waals surface area contributed by atoms with E-state index in [2.05, 4.69) is 0 Å². The van der Waals surface area contributed by atoms with Crippen LogP contribution in [0.25, 0.3) is 0 Å². The van der Waals surface area contributed by atoms with Crippen molar-refractivity contribution in [2.75, 3.05) is 0 Å². The molecule has 0 aliphatic carbocycles. The van der Waals surface area contributed by atoms with Gasteiger partial charge in [0.05, 0.1) is 0 Å². The van der Waals surface area contributed by atoms with Gasteiger partial charge in [-0.3, -0.25) is 0 Å². The van der Waals surface area contributed by atoms with E-state index in [1.807, 2.05) is 0 Å². The molecule has 0 rings (SSSR count). The molecule has 0 amide bonds. The van der Waals surface area contributed by atoms with E-state index in [1.165, 1.54) is 0 Å². The maximum absolute atomic E-state index is 0. The van der Waals surface area contributed by atoms with Crippen molar-refractivity contribution < 1.29 is 83.8 Å². The van der Waals surface area contributed by atoms with Crippen molar-refractivity contribution in [1.82, 2.24) is 0 Å². The fraction of sp³-hybridized carbons (Fsp3) is 0. The van der Waals surface area contributed by atoms with Crippen molar-refractivity contribution >= 4 is 0 Å². The van der Waals surface area contributed by atoms with Crippen LogP contribution >= 0.6 is 0 Å². The van der Waals surface area contributed by atoms with Gasteiger partial charge >= 0.3 is 46.6 Å². The topological polar surface area (TPSA) is 0 Å². The predicted molar refractivity (Wildman–Crippen MR) is 0 cm³/mol. The van der Waals surface area contributed by atoms with Crippen LogP contribution in [0.15, 0.2) is 0 Å². The summed E-state index contributed by atoms with van der Waals surface area (Å²) in [5, 5.41) is 0. The maximum Gasteiger partial charge on any atom is 2.00 e. The Kier molecular flexibility index (Phi) is 343. The van der Waals surface area contributed by atoms with Crippen molar-refractivity contribution in [3.63, 3.8) is 0 Å². The summed E-state index contributed by atoms with van der Waals surface area (Å²) >= 11 is 0. The number of halogens is 3. The molecule has 0 aromatic carbocycles. The zero-order chi connectivity index (χ0) is 0. The average molecular weight is 184 g/mol. The van der Waals surface area contributed by atoms with Gasteiger partial charge in [-0.2, -0.15) is 0 Å². The second-order valence-electron chi connectivity index (χ2n) is 0. The molecule has 0 aliphatic heterocycles. The quantitative estimate of drug-likeness (QED) is 0.328. The van der Waals surface area contributed by atoms with Crippen LogP contribution < -0.4 is 66.8 Å². The molecule has 5 heavy (non-hydrogen) atoms. The normalized spacial score (nSPS) is 0. The molecule has 0 spiro atoms. The minimum absolute atomic E-state index is 0. The van der Waals surface area contributed by atoms with Gasteiger partial charge < -0.3 is 37.2 Å². The van der Waals surface area contributed by atoms with Crippen molar-refractivity contribution in [1.29, 1.82) is 0 Å². The molecular weight excluding hydrogens is 184 g/mol. The van der Waals surface area contributed by atoms with Gasteiger partial charge in [0.15, 0.2) is 0 Å². The number of hydrogen-bond donors (Lipinski definition) is 0. The van der Waals surface area contributed by atoms with Crippen LogP contribution in [0.5, 0.6) is 0 Å². The summed E-state index contributed by atoms with van der Waals surface area (Å²) in [6.45, 7) is 0. The maximum atomic E-state index is 0. The number of hydrogen-bond acceptors (Lipinski definition) is 0. The SMILES string of the molecule is [Cl-].[Cl-].[Cl-].[Mn+2].[Na+]. The summed E-state index contributed by atoms with van der Waals surface area (Å²) in [6, 6.07) is 0. The summed E-state index contributed by atoms with van der Waals surface area (Å²) < 4.78 is 0. The molecule has 0 unspecified atom stereocenters. The first kappa shape index (κ1) is 52.8. The van der Waals surface area contributed by atoms with Gasteiger partial charge in [-0.05, 0) is 0 Å². The Morgan fingerprint density at radius 2 is 0.600 bits per heavy atom. The molecule has 0 fully saturated rings. The Labute approximate surface area is 82.8 Å². The van der Waals surface area contributed by atoms with E-state index in [0.29, 0.717) is 0 Å². The molecule has 0 aliphatic rings. The Balaban J connectivity index is 0. The zero-order valence-corrected chi connectivity index (χ0v) is 7.96. The molecule has 1 radical (unpaired) electrons. The fourth-order valence-electron chi connectivity index (χ4n) is 0. The van der Waals surface area contributed by atoms with Gasteiger partial charge in [-0.1, -0.05) is 0 Å². The van der Waals surface area contributed by atoms with Crippen LogP contribution in [-0.4, -0.2) is 0 Å². The number of rotatable bonds is 0. The standard InChI is InChI=1S/3ClH.Mn.Na/h3*1H;;/q;;;+2;+1/p-3. The minimum atomic E-state index is 0. The van der Waals surface area contributed by atoms with Gasteiger partial charge in [0.25, 0.3) is 0 Å². The van der Waals surface area contributed by atoms with Gasteiger partial charge in [-0.25, -0.2) is 0 Å². The summed E-state index contributed by atoms with van der Waals surface area (Å²) in [5.74, 6) is 0. The predicted octanol–water partition coefficient (Wildman–Crippen LogP) is -12.0. The molecular formula is Cl3MnNa. The van der Waals surface area contributed by atoms with Crippen LogP contribution in [0.1, 0.15) is 0 Å². The van der Waals surface area contributed by atoms with Crippen LogP contribution in [0, 0.1) is 0 Å². The Hall–Kier alpha value is 2.39. The molecule has 0 N–H and O–H groups in total. The van der Waals surface area contributed by atoms with Crippen LogP contribution in [0.4, 0.5) is 0 Å². The smallest absolute Gasteiger partial charge is 1.00 e. The molecule has 0 heterocycles. The Morgan fingerprint density at radius 1 is 0.600 bits per heavy atom. The summed E-state index contributed by atoms with van der Waals surface area (Å²) in [5.41, 5.74) is 0. The van der Waals surface area contributed by atoms with Gasteiger partial charge in [0.2, 0.25) is 0 Å². The van der Waals surface area contributed by atoms with E-state index < -0.39 is 0 Å². The monoisotopic (exact) mass is 183 g/mol. The van der Waals surface area contributed by atoms with E-state index in [4.69, 9.17) is 0 Å². The van der Waals surface area contributed by atoms with Crippen LogP contribution in [0.3, 0.4) is 0 Å². The van der Waals surface area contributed by atoms with Gasteiger partial charge in [-0.15, -0.1) is 0 Å². The van der Waals surface area contributed by atoms with E-state index in [-0.39, 0.29) is 83.8 Å². The first-order valence-electron chi connectivity index (χ1n) is 0. The first-order valence-corrected chi connectivity index (χ1v) is 0. The van der Waals surface area contributed by atoms with Crippen molar-refractivity contribution in [2.24, 2.45) is 0 Å². The summed E-state index contributed by atoms with van der Waals surface area (Å²) in [7, 11) is 0. The van der Waals surface area contributed by atoms with E-state index >= 15 is 0 Å². The molecule has 29 valence electrons. The molecule has 0 aromatic heterocycles. The third-order valence-electron chi connectivity index (χ3n) is 0. The largest absolute Gasteiger partial charge is 2.00 e. The van der Waals surface area contributed by atoms with E-state index in [1.54, 1.807) is 0 Å². The van der Waals surface area contributed by atoms with Crippen LogP contribution in [0.2, 0.25) is 0 Å². The molecule has 0 bridgehead atoms. The van der Waals surface area contributed by atoms with Gasteiger partial charge in [0, 0.05) is 0 Å². The summed E-state index contributed by atoms with van der Waals surface area (Å²) in [4.78, 5) is 0. The summed E-state index contributed by atoms with van der Waals surface area (Å²) in [6.07, 6.45) is 0. The third-order valence-corrected chi connectivity index (χ3v) is 0. The Bertz CT molecular complexity index is 6.85. The molecule has 0 aromatic rings. The van der Waals surface area contributed by atoms with Gasteiger partial charge in [0.1, 0.15) is 0 Å². The van der Waals surface area contributed by atoms with Crippen LogP contribution in [-0.2, 0) is 17.1 Å². The second kappa shape index (κ2) is 32.5. The molecule has 0 nitrogen and oxygen atoms in total. The molecule has 0 atom stereocenters. The molecule has 0 saturated heterocycles. The Morgan fingerprint density at radius 3 is 0.600 bits per heavy atom. The van der Waals surface area contributed by atoms with Crippen molar-refractivity contribution in [2.45, 2.75) is 0 Å². The minimum Gasteiger partial charge on any atom is -1.00 e. The molecule has 5 heteroatoms. The zero-order valence-electron chi connectivity index (χ0n) is 2.51.